The van der Waals surface area contributed by atoms with Crippen molar-refractivity contribution < 1.29 is 4.79 Å². The number of carbonyl (C=O) groups excluding carboxylic acids is 1. The first-order valence-corrected chi connectivity index (χ1v) is 5.10. The molecule has 0 saturated carbocycles. The minimum absolute atomic E-state index is 0.134. The lowest BCUT2D eigenvalue weighted by Gasteiger charge is -2.02. The molecule has 0 spiro atoms. The predicted molar refractivity (Wildman–Crippen MR) is 64.9 cm³/mol. The number of rotatable bonds is 3. The molecule has 2 rings (SSSR count). The Morgan fingerprint density at radius 3 is 3.00 bits per heavy atom. The smallest absolute Gasteiger partial charge is 0.280 e. The number of nitrogens with zero attached hydrogens (tertiary/aromatic N) is 1. The van der Waals surface area contributed by atoms with Gasteiger partial charge >= 0.3 is 0 Å². The van der Waals surface area contributed by atoms with Crippen LogP contribution in [-0.2, 0) is 0 Å². The molecule has 5 heteroatoms. The minimum atomic E-state index is -0.503. The van der Waals surface area contributed by atoms with Gasteiger partial charge in [-0.3, -0.25) is 9.59 Å². The lowest BCUT2D eigenvalue weighted by atomic mass is 10.3. The van der Waals surface area contributed by atoms with E-state index in [1.807, 2.05) is 0 Å². The molecular formula is C12H11N3O2. The number of aromatic amines is 1. The molecule has 0 unspecified atom stereocenters. The zero-order chi connectivity index (χ0) is 12.3. The summed E-state index contributed by atoms with van der Waals surface area (Å²) in [5.41, 5.74) is 0.560. The van der Waals surface area contributed by atoms with E-state index in [4.69, 9.17) is 0 Å². The fourth-order valence-electron chi connectivity index (χ4n) is 1.43. The maximum atomic E-state index is 11.6. The summed E-state index contributed by atoms with van der Waals surface area (Å²) in [6.45, 7) is 3.78. The van der Waals surface area contributed by atoms with Crippen molar-refractivity contribution in [1.82, 2.24) is 15.3 Å². The molecule has 1 heterocycles. The molecule has 17 heavy (non-hydrogen) atoms. The van der Waals surface area contributed by atoms with E-state index in [9.17, 15) is 9.59 Å². The average Bonchev–Trinajstić information content (AvgIpc) is 2.35. The number of fused-ring (bicyclic) bond motifs is 1. The van der Waals surface area contributed by atoms with Crippen molar-refractivity contribution in [1.29, 1.82) is 0 Å². The first kappa shape index (κ1) is 11.1. The Labute approximate surface area is 97.2 Å². The molecule has 2 N–H and O–H groups in total. The van der Waals surface area contributed by atoms with Crippen LogP contribution < -0.4 is 10.9 Å². The largest absolute Gasteiger partial charge is 0.347 e. The van der Waals surface area contributed by atoms with Crippen molar-refractivity contribution >= 4 is 16.9 Å². The third-order valence-electron chi connectivity index (χ3n) is 2.22. The van der Waals surface area contributed by atoms with Gasteiger partial charge in [0.1, 0.15) is 0 Å². The quantitative estimate of drug-likeness (QED) is 0.766. The van der Waals surface area contributed by atoms with Gasteiger partial charge in [-0.2, -0.15) is 0 Å². The molecule has 86 valence electrons. The molecule has 0 aliphatic rings. The number of carbonyl (C=O) groups is 1. The summed E-state index contributed by atoms with van der Waals surface area (Å²) >= 11 is 0. The van der Waals surface area contributed by atoms with Crippen LogP contribution in [0, 0.1) is 0 Å². The maximum absolute atomic E-state index is 11.6. The zero-order valence-corrected chi connectivity index (χ0v) is 9.06. The van der Waals surface area contributed by atoms with Gasteiger partial charge in [-0.25, -0.2) is 4.98 Å². The van der Waals surface area contributed by atoms with Crippen molar-refractivity contribution in [2.24, 2.45) is 0 Å². The summed E-state index contributed by atoms with van der Waals surface area (Å²) in [5, 5.41) is 2.51. The van der Waals surface area contributed by atoms with E-state index in [1.165, 1.54) is 6.08 Å². The van der Waals surface area contributed by atoms with Crippen molar-refractivity contribution in [2.45, 2.75) is 0 Å². The molecule has 0 bridgehead atoms. The summed E-state index contributed by atoms with van der Waals surface area (Å²) < 4.78 is 0. The third-order valence-corrected chi connectivity index (χ3v) is 2.22. The van der Waals surface area contributed by atoms with Crippen LogP contribution in [0.3, 0.4) is 0 Å². The third kappa shape index (κ3) is 2.23. The van der Waals surface area contributed by atoms with Crippen LogP contribution in [0.1, 0.15) is 10.5 Å². The summed E-state index contributed by atoms with van der Waals surface area (Å²) in [5.74, 6) is -0.503. The standard InChI is InChI=1S/C12H11N3O2/c1-2-7-13-11(16)10-12(17)15-9-6-4-3-5-8(9)14-10/h2-6H,1,7H2,(H,13,16)(H,15,17). The van der Waals surface area contributed by atoms with Crippen LogP contribution in [-0.4, -0.2) is 22.4 Å². The number of para-hydroxylation sites is 2. The highest BCUT2D eigenvalue weighted by atomic mass is 16.2. The van der Waals surface area contributed by atoms with Gasteiger partial charge in [-0.1, -0.05) is 18.2 Å². The van der Waals surface area contributed by atoms with E-state index >= 15 is 0 Å². The number of amides is 1. The van der Waals surface area contributed by atoms with Crippen LogP contribution in [0.2, 0.25) is 0 Å². The summed E-state index contributed by atoms with van der Waals surface area (Å²) in [6.07, 6.45) is 1.53. The van der Waals surface area contributed by atoms with Crippen LogP contribution in [0.5, 0.6) is 0 Å². The minimum Gasteiger partial charge on any atom is -0.347 e. The van der Waals surface area contributed by atoms with Crippen molar-refractivity contribution in [3.05, 3.63) is 53.0 Å². The molecule has 0 saturated heterocycles. The van der Waals surface area contributed by atoms with Crippen molar-refractivity contribution in [3.63, 3.8) is 0 Å². The number of hydrogen-bond donors (Lipinski definition) is 2. The Bertz CT molecular complexity index is 631. The van der Waals surface area contributed by atoms with E-state index in [2.05, 4.69) is 21.9 Å². The Balaban J connectivity index is 2.47. The van der Waals surface area contributed by atoms with E-state index in [0.29, 0.717) is 17.6 Å². The molecule has 0 radical (unpaired) electrons. The van der Waals surface area contributed by atoms with E-state index in [0.717, 1.165) is 0 Å². The first-order valence-electron chi connectivity index (χ1n) is 5.10. The van der Waals surface area contributed by atoms with Crippen LogP contribution in [0.4, 0.5) is 0 Å². The Hall–Kier alpha value is -2.43. The van der Waals surface area contributed by atoms with Gasteiger partial charge in [0.15, 0.2) is 5.69 Å². The lowest BCUT2D eigenvalue weighted by molar-refractivity contribution is 0.0952. The summed E-state index contributed by atoms with van der Waals surface area (Å²) in [7, 11) is 0. The number of nitrogens with one attached hydrogen (secondary N) is 2. The maximum Gasteiger partial charge on any atom is 0.280 e. The summed E-state index contributed by atoms with van der Waals surface area (Å²) in [4.78, 5) is 29.9. The normalized spacial score (nSPS) is 10.1. The highest BCUT2D eigenvalue weighted by Crippen LogP contribution is 2.05. The molecular weight excluding hydrogens is 218 g/mol. The number of H-pyrrole nitrogens is 1. The number of benzene rings is 1. The van der Waals surface area contributed by atoms with Gasteiger partial charge in [0.25, 0.3) is 11.5 Å². The molecule has 1 aromatic carbocycles. The van der Waals surface area contributed by atoms with Gasteiger partial charge in [-0.05, 0) is 12.1 Å². The first-order chi connectivity index (χ1) is 8.22. The second kappa shape index (κ2) is 4.61. The summed E-state index contributed by atoms with van der Waals surface area (Å²) in [6, 6.07) is 7.04. The number of aromatic nitrogens is 2. The molecule has 0 aliphatic heterocycles. The Morgan fingerprint density at radius 2 is 2.24 bits per heavy atom. The fraction of sp³-hybridized carbons (Fsp3) is 0.0833. The van der Waals surface area contributed by atoms with Crippen LogP contribution in [0.15, 0.2) is 41.7 Å². The SMILES string of the molecule is C=CCNC(=O)c1nc2ccccc2[nH]c1=O. The van der Waals surface area contributed by atoms with Crippen LogP contribution >= 0.6 is 0 Å². The lowest BCUT2D eigenvalue weighted by Crippen LogP contribution is -2.31. The molecule has 0 fully saturated rings. The van der Waals surface area contributed by atoms with Gasteiger partial charge in [0.05, 0.1) is 11.0 Å². The zero-order valence-electron chi connectivity index (χ0n) is 9.06. The molecule has 1 aromatic heterocycles. The monoisotopic (exact) mass is 229 g/mol. The highest BCUT2D eigenvalue weighted by Gasteiger charge is 2.12. The number of hydrogen-bond acceptors (Lipinski definition) is 3. The second-order valence-corrected chi connectivity index (χ2v) is 3.43. The van der Waals surface area contributed by atoms with Gasteiger partial charge in [0, 0.05) is 6.54 Å². The fourth-order valence-corrected chi connectivity index (χ4v) is 1.43. The highest BCUT2D eigenvalue weighted by molar-refractivity contribution is 5.93. The average molecular weight is 229 g/mol. The van der Waals surface area contributed by atoms with Gasteiger partial charge < -0.3 is 10.3 Å². The van der Waals surface area contributed by atoms with Crippen LogP contribution in [0.25, 0.3) is 11.0 Å². The predicted octanol–water partition coefficient (Wildman–Crippen LogP) is 0.839. The molecule has 5 nitrogen and oxygen atoms in total. The topological polar surface area (TPSA) is 74.8 Å². The molecule has 1 amide bonds. The Kier molecular flexibility index (Phi) is 3.00. The van der Waals surface area contributed by atoms with E-state index in [1.54, 1.807) is 24.3 Å². The second-order valence-electron chi connectivity index (χ2n) is 3.43. The Morgan fingerprint density at radius 1 is 1.47 bits per heavy atom. The van der Waals surface area contributed by atoms with Crippen molar-refractivity contribution in [3.8, 4) is 0 Å². The molecule has 0 atom stereocenters. The van der Waals surface area contributed by atoms with Gasteiger partial charge in [-0.15, -0.1) is 6.58 Å². The van der Waals surface area contributed by atoms with Crippen molar-refractivity contribution in [2.75, 3.05) is 6.54 Å². The molecule has 0 aliphatic carbocycles. The van der Waals surface area contributed by atoms with E-state index in [-0.39, 0.29) is 5.69 Å². The molecule has 2 aromatic rings. The van der Waals surface area contributed by atoms with E-state index < -0.39 is 11.5 Å². The van der Waals surface area contributed by atoms with Gasteiger partial charge in [0.2, 0.25) is 0 Å².